The molecule has 0 atom stereocenters. The van der Waals surface area contributed by atoms with Gasteiger partial charge in [-0.25, -0.2) is 0 Å². The first kappa shape index (κ1) is 7.52. The Bertz CT molecular complexity index is 175. The molecule has 1 aliphatic carbocycles. The minimum absolute atomic E-state index is 0.0359. The van der Waals surface area contributed by atoms with E-state index < -0.39 is 0 Å². The maximum Gasteiger partial charge on any atom is 0.163 e. The maximum atomic E-state index is 11.3. The zero-order chi connectivity index (χ0) is 7.78. The molecule has 0 aromatic rings. The molecule has 1 nitrogen and oxygen atoms in total. The minimum Gasteiger partial charge on any atom is -0.294 e. The van der Waals surface area contributed by atoms with Gasteiger partial charge in [0.2, 0.25) is 0 Å². The molecule has 0 aromatic carbocycles. The van der Waals surface area contributed by atoms with E-state index in [1.54, 1.807) is 6.92 Å². The molecule has 1 rings (SSSR count). The van der Waals surface area contributed by atoms with E-state index in [2.05, 4.69) is 6.58 Å². The standard InChI is InChI=1S/C9H14O/c1-7(2)8(10)9(3)5-4-6-9/h1,4-6H2,2-3H3. The average molecular weight is 138 g/mol. The van der Waals surface area contributed by atoms with E-state index in [-0.39, 0.29) is 11.2 Å². The first-order chi connectivity index (χ1) is 4.56. The third kappa shape index (κ3) is 1.00. The molecule has 0 bridgehead atoms. The normalized spacial score (nSPS) is 21.4. The van der Waals surface area contributed by atoms with Gasteiger partial charge >= 0.3 is 0 Å². The highest BCUT2D eigenvalue weighted by Crippen LogP contribution is 2.42. The maximum absolute atomic E-state index is 11.3. The lowest BCUT2D eigenvalue weighted by Crippen LogP contribution is -2.35. The van der Waals surface area contributed by atoms with Gasteiger partial charge in [-0.1, -0.05) is 19.9 Å². The van der Waals surface area contributed by atoms with E-state index in [4.69, 9.17) is 0 Å². The molecule has 1 saturated carbocycles. The van der Waals surface area contributed by atoms with Gasteiger partial charge in [-0.15, -0.1) is 0 Å². The van der Waals surface area contributed by atoms with Crippen LogP contribution in [0.4, 0.5) is 0 Å². The van der Waals surface area contributed by atoms with Gasteiger partial charge in [-0.05, 0) is 25.3 Å². The molecule has 0 saturated heterocycles. The molecule has 0 amide bonds. The van der Waals surface area contributed by atoms with E-state index >= 15 is 0 Å². The molecule has 0 spiro atoms. The van der Waals surface area contributed by atoms with Crippen molar-refractivity contribution < 1.29 is 4.79 Å². The highest BCUT2D eigenvalue weighted by Gasteiger charge is 2.38. The molecule has 1 heteroatoms. The van der Waals surface area contributed by atoms with Crippen LogP contribution in [-0.2, 0) is 4.79 Å². The summed E-state index contributed by atoms with van der Waals surface area (Å²) < 4.78 is 0. The minimum atomic E-state index is -0.0359. The Balaban J connectivity index is 2.64. The van der Waals surface area contributed by atoms with Crippen LogP contribution in [-0.4, -0.2) is 5.78 Å². The smallest absolute Gasteiger partial charge is 0.163 e. The lowest BCUT2D eigenvalue weighted by molar-refractivity contribution is -0.128. The predicted molar refractivity (Wildman–Crippen MR) is 41.8 cm³/mol. The second kappa shape index (κ2) is 2.22. The van der Waals surface area contributed by atoms with Crippen molar-refractivity contribution in [2.45, 2.75) is 33.1 Å². The Morgan fingerprint density at radius 2 is 2.00 bits per heavy atom. The molecule has 1 fully saturated rings. The van der Waals surface area contributed by atoms with E-state index in [1.165, 1.54) is 6.42 Å². The number of Topliss-reactive ketones (excluding diaryl/α,β-unsaturated/α-hetero) is 1. The number of ketones is 1. The molecular weight excluding hydrogens is 124 g/mol. The van der Waals surface area contributed by atoms with Gasteiger partial charge in [0.15, 0.2) is 5.78 Å². The Morgan fingerprint density at radius 3 is 2.10 bits per heavy atom. The van der Waals surface area contributed by atoms with Gasteiger partial charge in [0, 0.05) is 5.41 Å². The number of rotatable bonds is 2. The highest BCUT2D eigenvalue weighted by atomic mass is 16.1. The third-order valence-corrected chi connectivity index (χ3v) is 2.39. The molecule has 0 unspecified atom stereocenters. The van der Waals surface area contributed by atoms with Crippen molar-refractivity contribution in [3.05, 3.63) is 12.2 Å². The van der Waals surface area contributed by atoms with Crippen LogP contribution in [0.1, 0.15) is 33.1 Å². The molecule has 10 heavy (non-hydrogen) atoms. The quantitative estimate of drug-likeness (QED) is 0.535. The fourth-order valence-corrected chi connectivity index (χ4v) is 1.45. The van der Waals surface area contributed by atoms with Gasteiger partial charge in [0.25, 0.3) is 0 Å². The van der Waals surface area contributed by atoms with E-state index in [0.29, 0.717) is 5.57 Å². The van der Waals surface area contributed by atoms with E-state index in [0.717, 1.165) is 12.8 Å². The van der Waals surface area contributed by atoms with Gasteiger partial charge in [-0.2, -0.15) is 0 Å². The lowest BCUT2D eigenvalue weighted by atomic mass is 9.66. The second-order valence-corrected chi connectivity index (χ2v) is 3.52. The Labute approximate surface area is 62.1 Å². The fourth-order valence-electron chi connectivity index (χ4n) is 1.45. The Hall–Kier alpha value is -0.590. The van der Waals surface area contributed by atoms with E-state index in [9.17, 15) is 4.79 Å². The zero-order valence-corrected chi connectivity index (χ0v) is 6.74. The second-order valence-electron chi connectivity index (χ2n) is 3.52. The van der Waals surface area contributed by atoms with Crippen LogP contribution in [0, 0.1) is 5.41 Å². The lowest BCUT2D eigenvalue weighted by Gasteiger charge is -2.36. The van der Waals surface area contributed by atoms with E-state index in [1.807, 2.05) is 6.92 Å². The van der Waals surface area contributed by atoms with Crippen molar-refractivity contribution in [3.63, 3.8) is 0 Å². The molecule has 1 aliphatic rings. The van der Waals surface area contributed by atoms with Crippen LogP contribution >= 0.6 is 0 Å². The summed E-state index contributed by atoms with van der Waals surface area (Å²) >= 11 is 0. The number of carbonyl (C=O) groups excluding carboxylic acids is 1. The molecule has 0 heterocycles. The zero-order valence-electron chi connectivity index (χ0n) is 6.74. The topological polar surface area (TPSA) is 17.1 Å². The third-order valence-electron chi connectivity index (χ3n) is 2.39. The molecule has 56 valence electrons. The van der Waals surface area contributed by atoms with Crippen LogP contribution in [0.15, 0.2) is 12.2 Å². The van der Waals surface area contributed by atoms with Gasteiger partial charge < -0.3 is 0 Å². The van der Waals surface area contributed by atoms with Crippen molar-refractivity contribution in [2.24, 2.45) is 5.41 Å². The van der Waals surface area contributed by atoms with Crippen molar-refractivity contribution in [3.8, 4) is 0 Å². The summed E-state index contributed by atoms with van der Waals surface area (Å²) in [6, 6.07) is 0. The van der Waals surface area contributed by atoms with Crippen LogP contribution in [0.5, 0.6) is 0 Å². The molecular formula is C9H14O. The van der Waals surface area contributed by atoms with Crippen molar-refractivity contribution in [2.75, 3.05) is 0 Å². The first-order valence-corrected chi connectivity index (χ1v) is 3.76. The summed E-state index contributed by atoms with van der Waals surface area (Å²) in [7, 11) is 0. The van der Waals surface area contributed by atoms with Gasteiger partial charge in [-0.3, -0.25) is 4.79 Å². The first-order valence-electron chi connectivity index (χ1n) is 3.76. The number of hydrogen-bond acceptors (Lipinski definition) is 1. The largest absolute Gasteiger partial charge is 0.294 e. The van der Waals surface area contributed by atoms with Crippen LogP contribution in [0.3, 0.4) is 0 Å². The van der Waals surface area contributed by atoms with Crippen molar-refractivity contribution >= 4 is 5.78 Å². The van der Waals surface area contributed by atoms with Gasteiger partial charge in [0.1, 0.15) is 0 Å². The fraction of sp³-hybridized carbons (Fsp3) is 0.667. The van der Waals surface area contributed by atoms with Crippen LogP contribution in [0.25, 0.3) is 0 Å². The summed E-state index contributed by atoms with van der Waals surface area (Å²) in [5, 5.41) is 0. The summed E-state index contributed by atoms with van der Waals surface area (Å²) in [5.41, 5.74) is 0.674. The molecule has 0 N–H and O–H groups in total. The monoisotopic (exact) mass is 138 g/mol. The summed E-state index contributed by atoms with van der Waals surface area (Å²) in [4.78, 5) is 11.3. The summed E-state index contributed by atoms with van der Waals surface area (Å²) in [6.45, 7) is 7.49. The summed E-state index contributed by atoms with van der Waals surface area (Å²) in [5.74, 6) is 0.263. The Morgan fingerprint density at radius 1 is 1.50 bits per heavy atom. The van der Waals surface area contributed by atoms with Crippen LogP contribution < -0.4 is 0 Å². The number of hydrogen-bond donors (Lipinski definition) is 0. The number of carbonyl (C=O) groups is 1. The molecule has 0 aliphatic heterocycles. The summed E-state index contributed by atoms with van der Waals surface area (Å²) in [6.07, 6.45) is 3.31. The Kier molecular flexibility index (Phi) is 1.67. The average Bonchev–Trinajstić information content (AvgIpc) is 1.81. The van der Waals surface area contributed by atoms with Crippen molar-refractivity contribution in [1.82, 2.24) is 0 Å². The molecule has 0 aromatic heterocycles. The predicted octanol–water partition coefficient (Wildman–Crippen LogP) is 2.32. The number of allylic oxidation sites excluding steroid dienone is 1. The highest BCUT2D eigenvalue weighted by molar-refractivity contribution is 5.99. The van der Waals surface area contributed by atoms with Crippen molar-refractivity contribution in [1.29, 1.82) is 0 Å². The SMILES string of the molecule is C=C(C)C(=O)C1(C)CCC1. The van der Waals surface area contributed by atoms with Crippen LogP contribution in [0.2, 0.25) is 0 Å². The molecule has 0 radical (unpaired) electrons. The van der Waals surface area contributed by atoms with Gasteiger partial charge in [0.05, 0.1) is 0 Å².